The van der Waals surface area contributed by atoms with Gasteiger partial charge in [-0.05, 0) is 55.7 Å². The first kappa shape index (κ1) is 12.6. The van der Waals surface area contributed by atoms with E-state index in [2.05, 4.69) is 12.1 Å². The molecular formula is C15H16N2O. The smallest absolute Gasteiger partial charge is 0.186 e. The fraction of sp³-hybridized carbons (Fsp3) is 0.533. The van der Waals surface area contributed by atoms with Gasteiger partial charge in [0.1, 0.15) is 0 Å². The molecule has 18 heavy (non-hydrogen) atoms. The van der Waals surface area contributed by atoms with Crippen LogP contribution < -0.4 is 0 Å². The molecule has 0 heterocycles. The largest absolute Gasteiger partial charge is 0.295 e. The van der Waals surface area contributed by atoms with Gasteiger partial charge in [0.25, 0.3) is 0 Å². The van der Waals surface area contributed by atoms with E-state index in [9.17, 15) is 15.3 Å². The number of nitriles is 2. The second-order valence-electron chi connectivity index (χ2n) is 4.94. The van der Waals surface area contributed by atoms with E-state index in [-0.39, 0.29) is 5.78 Å². The number of hydrogen-bond donors (Lipinski definition) is 0. The third-order valence-corrected chi connectivity index (χ3v) is 3.79. The van der Waals surface area contributed by atoms with Crippen molar-refractivity contribution in [2.24, 2.45) is 5.41 Å². The molecule has 0 aromatic rings. The lowest BCUT2D eigenvalue weighted by atomic mass is 9.69. The highest BCUT2D eigenvalue weighted by Crippen LogP contribution is 2.42. The fourth-order valence-electron chi connectivity index (χ4n) is 2.78. The summed E-state index contributed by atoms with van der Waals surface area (Å²) in [4.78, 5) is 11.5. The van der Waals surface area contributed by atoms with Crippen molar-refractivity contribution in [2.45, 2.75) is 44.9 Å². The van der Waals surface area contributed by atoms with Crippen molar-refractivity contribution >= 4 is 5.78 Å². The third-order valence-electron chi connectivity index (χ3n) is 3.79. The van der Waals surface area contributed by atoms with Crippen molar-refractivity contribution in [1.82, 2.24) is 0 Å². The second kappa shape index (κ2) is 5.19. The van der Waals surface area contributed by atoms with E-state index < -0.39 is 5.41 Å². The molecule has 0 atom stereocenters. The summed E-state index contributed by atoms with van der Waals surface area (Å²) in [6, 6.07) is 4.35. The molecule has 0 fully saturated rings. The van der Waals surface area contributed by atoms with Crippen LogP contribution in [-0.2, 0) is 4.79 Å². The maximum Gasteiger partial charge on any atom is 0.186 e. The Balaban J connectivity index is 2.45. The van der Waals surface area contributed by atoms with Gasteiger partial charge in [-0.1, -0.05) is 6.08 Å². The van der Waals surface area contributed by atoms with Gasteiger partial charge in [-0.3, -0.25) is 4.79 Å². The van der Waals surface area contributed by atoms with E-state index in [0.717, 1.165) is 37.7 Å². The first-order valence-electron chi connectivity index (χ1n) is 6.49. The summed E-state index contributed by atoms with van der Waals surface area (Å²) in [7, 11) is 0. The van der Waals surface area contributed by atoms with Crippen LogP contribution in [0.15, 0.2) is 23.3 Å². The predicted octanol–water partition coefficient (Wildman–Crippen LogP) is 3.20. The summed E-state index contributed by atoms with van der Waals surface area (Å²) in [5.41, 5.74) is 0.424. The number of carbonyl (C=O) groups excluding carboxylic acids is 1. The third kappa shape index (κ3) is 2.09. The second-order valence-corrected chi connectivity index (χ2v) is 4.94. The lowest BCUT2D eigenvalue weighted by molar-refractivity contribution is -0.115. The molecule has 92 valence electrons. The minimum absolute atomic E-state index is 0.0440. The molecule has 2 aliphatic carbocycles. The van der Waals surface area contributed by atoms with Crippen LogP contribution in [-0.4, -0.2) is 5.78 Å². The van der Waals surface area contributed by atoms with Crippen molar-refractivity contribution in [3.05, 3.63) is 23.3 Å². The van der Waals surface area contributed by atoms with Crippen LogP contribution in [0.1, 0.15) is 44.9 Å². The molecule has 3 nitrogen and oxygen atoms in total. The van der Waals surface area contributed by atoms with Crippen molar-refractivity contribution in [1.29, 1.82) is 10.5 Å². The van der Waals surface area contributed by atoms with Crippen molar-refractivity contribution in [3.8, 4) is 12.1 Å². The molecule has 0 spiro atoms. The molecule has 0 aromatic heterocycles. The Morgan fingerprint density at radius 1 is 1.00 bits per heavy atom. The van der Waals surface area contributed by atoms with Crippen LogP contribution in [0.5, 0.6) is 0 Å². The van der Waals surface area contributed by atoms with Crippen molar-refractivity contribution in [3.63, 3.8) is 0 Å². The van der Waals surface area contributed by atoms with Crippen LogP contribution in [0.3, 0.4) is 0 Å². The van der Waals surface area contributed by atoms with Crippen LogP contribution >= 0.6 is 0 Å². The highest BCUT2D eigenvalue weighted by molar-refractivity contribution is 5.91. The number of ketones is 1. The number of nitrogens with zero attached hydrogens (tertiary/aromatic N) is 2. The molecule has 0 unspecified atom stereocenters. The predicted molar refractivity (Wildman–Crippen MR) is 67.2 cm³/mol. The normalized spacial score (nSPS) is 20.4. The molecule has 0 aliphatic heterocycles. The Morgan fingerprint density at radius 2 is 1.72 bits per heavy atom. The maximum absolute atomic E-state index is 11.5. The van der Waals surface area contributed by atoms with Crippen LogP contribution in [0, 0.1) is 28.1 Å². The zero-order valence-electron chi connectivity index (χ0n) is 10.4. The summed E-state index contributed by atoms with van der Waals surface area (Å²) in [5.74, 6) is 0.0440. The summed E-state index contributed by atoms with van der Waals surface area (Å²) in [6.45, 7) is 0. The summed E-state index contributed by atoms with van der Waals surface area (Å²) in [5, 5.41) is 19.0. The molecule has 2 rings (SSSR count). The SMILES string of the molecule is N#CC(C#N)(C1=CCCCC1)C1=CC(=O)CCC1. The van der Waals surface area contributed by atoms with Gasteiger partial charge in [0.2, 0.25) is 0 Å². The van der Waals surface area contributed by atoms with E-state index >= 15 is 0 Å². The number of allylic oxidation sites excluding steroid dienone is 4. The van der Waals surface area contributed by atoms with Crippen LogP contribution in [0.2, 0.25) is 0 Å². The molecule has 0 saturated carbocycles. The van der Waals surface area contributed by atoms with Crippen molar-refractivity contribution < 1.29 is 4.79 Å². The highest BCUT2D eigenvalue weighted by atomic mass is 16.1. The van der Waals surface area contributed by atoms with Gasteiger partial charge >= 0.3 is 0 Å². The Bertz CT molecular complexity index is 486. The zero-order valence-corrected chi connectivity index (χ0v) is 10.4. The van der Waals surface area contributed by atoms with Crippen LogP contribution in [0.4, 0.5) is 0 Å². The standard InChI is InChI=1S/C15H16N2O/c16-10-15(11-17,12-5-2-1-3-6-12)13-7-4-8-14(18)9-13/h5,9H,1-4,6-8H2. The Hall–Kier alpha value is -1.87. The number of carbonyl (C=O) groups is 1. The first-order valence-corrected chi connectivity index (χ1v) is 6.49. The fourth-order valence-corrected chi connectivity index (χ4v) is 2.78. The van der Waals surface area contributed by atoms with Gasteiger partial charge in [0.15, 0.2) is 11.2 Å². The Labute approximate surface area is 107 Å². The summed E-state index contributed by atoms with van der Waals surface area (Å²) in [6.07, 6.45) is 9.41. The number of rotatable bonds is 2. The van der Waals surface area contributed by atoms with E-state index in [1.807, 2.05) is 6.08 Å². The quantitative estimate of drug-likeness (QED) is 0.696. The average Bonchev–Trinajstić information content (AvgIpc) is 2.42. The number of hydrogen-bond acceptors (Lipinski definition) is 3. The first-order chi connectivity index (χ1) is 8.73. The summed E-state index contributed by atoms with van der Waals surface area (Å²) < 4.78 is 0. The molecule has 0 radical (unpaired) electrons. The Kier molecular flexibility index (Phi) is 3.63. The van der Waals surface area contributed by atoms with E-state index in [1.165, 1.54) is 6.08 Å². The molecule has 0 amide bonds. The average molecular weight is 240 g/mol. The molecule has 0 aromatic carbocycles. The zero-order chi connectivity index (χ0) is 13.0. The summed E-state index contributed by atoms with van der Waals surface area (Å²) >= 11 is 0. The lowest BCUT2D eigenvalue weighted by Crippen LogP contribution is -2.26. The van der Waals surface area contributed by atoms with Crippen LogP contribution in [0.25, 0.3) is 0 Å². The minimum atomic E-state index is -1.18. The monoisotopic (exact) mass is 240 g/mol. The highest BCUT2D eigenvalue weighted by Gasteiger charge is 2.40. The molecule has 0 N–H and O–H groups in total. The Morgan fingerprint density at radius 3 is 2.28 bits per heavy atom. The molecule has 3 heteroatoms. The van der Waals surface area contributed by atoms with Gasteiger partial charge in [-0.2, -0.15) is 10.5 Å². The van der Waals surface area contributed by atoms with Gasteiger partial charge < -0.3 is 0 Å². The topological polar surface area (TPSA) is 64.7 Å². The van der Waals surface area contributed by atoms with E-state index in [0.29, 0.717) is 18.4 Å². The van der Waals surface area contributed by atoms with E-state index in [4.69, 9.17) is 0 Å². The lowest BCUT2D eigenvalue weighted by Gasteiger charge is -2.29. The molecule has 2 aliphatic rings. The maximum atomic E-state index is 11.5. The molecule has 0 bridgehead atoms. The van der Waals surface area contributed by atoms with Gasteiger partial charge in [0, 0.05) is 6.42 Å². The minimum Gasteiger partial charge on any atom is -0.295 e. The molecule has 0 saturated heterocycles. The molecular weight excluding hydrogens is 224 g/mol. The van der Waals surface area contributed by atoms with E-state index in [1.54, 1.807) is 0 Å². The van der Waals surface area contributed by atoms with Crippen molar-refractivity contribution in [2.75, 3.05) is 0 Å². The van der Waals surface area contributed by atoms with Gasteiger partial charge in [0.05, 0.1) is 12.1 Å². The van der Waals surface area contributed by atoms with Gasteiger partial charge in [-0.15, -0.1) is 0 Å². The van der Waals surface area contributed by atoms with Gasteiger partial charge in [-0.25, -0.2) is 0 Å².